The van der Waals surface area contributed by atoms with E-state index in [9.17, 15) is 13.6 Å². The van der Waals surface area contributed by atoms with E-state index in [2.05, 4.69) is 30.7 Å². The minimum Gasteiger partial charge on any atom is -0.354 e. The third kappa shape index (κ3) is 4.04. The zero-order chi connectivity index (χ0) is 21.5. The molecule has 0 N–H and O–H groups in total. The van der Waals surface area contributed by atoms with E-state index >= 15 is 0 Å². The van der Waals surface area contributed by atoms with Crippen LogP contribution < -0.4 is 4.90 Å². The number of hydrogen-bond donors (Lipinski definition) is 0. The number of ketones is 1. The number of benzene rings is 2. The molecule has 1 fully saturated rings. The minimum absolute atomic E-state index is 0.0187. The van der Waals surface area contributed by atoms with E-state index in [0.29, 0.717) is 36.4 Å². The summed E-state index contributed by atoms with van der Waals surface area (Å²) in [6.45, 7) is 7.36. The van der Waals surface area contributed by atoms with Gasteiger partial charge in [-0.25, -0.2) is 18.7 Å². The van der Waals surface area contributed by atoms with Crippen molar-refractivity contribution in [2.75, 3.05) is 18.0 Å². The molecule has 0 unspecified atom stereocenters. The van der Waals surface area contributed by atoms with Gasteiger partial charge in [-0.2, -0.15) is 0 Å². The molecule has 0 radical (unpaired) electrons. The lowest BCUT2D eigenvalue weighted by molar-refractivity contribution is -0.125. The summed E-state index contributed by atoms with van der Waals surface area (Å²) in [5.41, 5.74) is 0.914. The Morgan fingerprint density at radius 3 is 2.43 bits per heavy atom. The fourth-order valence-corrected chi connectivity index (χ4v) is 3.83. The number of nitrogens with zero attached hydrogens (tertiary/aromatic N) is 3. The van der Waals surface area contributed by atoms with Crippen LogP contribution in [0.15, 0.2) is 48.5 Å². The van der Waals surface area contributed by atoms with E-state index in [4.69, 9.17) is 0 Å². The quantitative estimate of drug-likeness (QED) is 0.544. The van der Waals surface area contributed by atoms with Crippen molar-refractivity contribution < 1.29 is 13.6 Å². The summed E-state index contributed by atoms with van der Waals surface area (Å²) in [5, 5.41) is 0.859. The highest BCUT2D eigenvalue weighted by atomic mass is 19.3. The number of para-hydroxylation sites is 1. The summed E-state index contributed by atoms with van der Waals surface area (Å²) >= 11 is 0. The molecule has 2 aromatic carbocycles. The van der Waals surface area contributed by atoms with E-state index < -0.39 is 6.43 Å². The van der Waals surface area contributed by atoms with Gasteiger partial charge in [0.2, 0.25) is 0 Å². The second-order valence-corrected chi connectivity index (χ2v) is 9.08. The van der Waals surface area contributed by atoms with Gasteiger partial charge in [-0.05, 0) is 17.5 Å². The number of aromatic nitrogens is 2. The number of Topliss-reactive ketones (excluding diaryl/α,β-unsaturated/α-hetero) is 1. The van der Waals surface area contributed by atoms with Crippen molar-refractivity contribution in [3.63, 3.8) is 0 Å². The van der Waals surface area contributed by atoms with Gasteiger partial charge in [-0.3, -0.25) is 4.79 Å². The van der Waals surface area contributed by atoms with Crippen molar-refractivity contribution in [1.29, 1.82) is 0 Å². The lowest BCUT2D eigenvalue weighted by Gasteiger charge is -2.40. The molecule has 1 saturated heterocycles. The molecule has 156 valence electrons. The number of fused-ring (bicyclic) bond motifs is 1. The molecular formula is C24H25F2N3O. The van der Waals surface area contributed by atoms with Crippen LogP contribution in [-0.4, -0.2) is 28.8 Å². The predicted molar refractivity (Wildman–Crippen MR) is 115 cm³/mol. The number of alkyl halides is 2. The van der Waals surface area contributed by atoms with Crippen LogP contribution in [0.3, 0.4) is 0 Å². The number of anilines is 1. The first-order valence-electron chi connectivity index (χ1n) is 10.1. The molecule has 0 aliphatic carbocycles. The molecule has 6 heteroatoms. The van der Waals surface area contributed by atoms with Crippen LogP contribution in [0.2, 0.25) is 0 Å². The standard InChI is InChI=1S/C24H25F2N3O/c1-24(2,3)12-20(30)15-13-29(14-15)23-18-10-6-7-11-19(18)27-22(28-23)17-9-5-4-8-16(17)21(25)26/h4-11,15,21H,12-14H2,1-3H3. The highest BCUT2D eigenvalue weighted by Gasteiger charge is 2.36. The van der Waals surface area contributed by atoms with Gasteiger partial charge in [0.25, 0.3) is 6.43 Å². The van der Waals surface area contributed by atoms with E-state index in [-0.39, 0.29) is 28.5 Å². The van der Waals surface area contributed by atoms with Crippen molar-refractivity contribution >= 4 is 22.5 Å². The average molecular weight is 409 g/mol. The van der Waals surface area contributed by atoms with Crippen LogP contribution >= 0.6 is 0 Å². The van der Waals surface area contributed by atoms with Gasteiger partial charge < -0.3 is 4.90 Å². The zero-order valence-electron chi connectivity index (χ0n) is 17.4. The molecule has 4 rings (SSSR count). The van der Waals surface area contributed by atoms with E-state index in [0.717, 1.165) is 5.39 Å². The summed E-state index contributed by atoms with van der Waals surface area (Å²) in [6.07, 6.45) is -2.06. The van der Waals surface area contributed by atoms with Crippen LogP contribution in [0.1, 0.15) is 39.2 Å². The van der Waals surface area contributed by atoms with Gasteiger partial charge in [0.05, 0.1) is 11.4 Å². The van der Waals surface area contributed by atoms with Crippen LogP contribution in [0.5, 0.6) is 0 Å². The van der Waals surface area contributed by atoms with Crippen LogP contribution in [0, 0.1) is 11.3 Å². The Hall–Kier alpha value is -2.89. The first kappa shape index (κ1) is 20.4. The summed E-state index contributed by atoms with van der Waals surface area (Å²) in [7, 11) is 0. The topological polar surface area (TPSA) is 46.1 Å². The molecule has 2 heterocycles. The molecule has 0 spiro atoms. The van der Waals surface area contributed by atoms with Gasteiger partial charge in [-0.15, -0.1) is 0 Å². The smallest absolute Gasteiger partial charge is 0.264 e. The second kappa shape index (κ2) is 7.74. The van der Waals surface area contributed by atoms with Crippen molar-refractivity contribution in [3.05, 3.63) is 54.1 Å². The molecule has 0 atom stereocenters. The molecule has 0 bridgehead atoms. The average Bonchev–Trinajstić information content (AvgIpc) is 2.65. The van der Waals surface area contributed by atoms with Crippen molar-refractivity contribution in [1.82, 2.24) is 9.97 Å². The summed E-state index contributed by atoms with van der Waals surface area (Å²) in [5.74, 6) is 1.22. The lowest BCUT2D eigenvalue weighted by atomic mass is 9.83. The van der Waals surface area contributed by atoms with E-state index in [1.54, 1.807) is 18.2 Å². The van der Waals surface area contributed by atoms with Crippen molar-refractivity contribution in [3.8, 4) is 11.4 Å². The maximum absolute atomic E-state index is 13.5. The monoisotopic (exact) mass is 409 g/mol. The second-order valence-electron chi connectivity index (χ2n) is 9.08. The van der Waals surface area contributed by atoms with Gasteiger partial charge in [0.1, 0.15) is 11.6 Å². The summed E-state index contributed by atoms with van der Waals surface area (Å²) < 4.78 is 27.1. The van der Waals surface area contributed by atoms with E-state index in [1.165, 1.54) is 6.07 Å². The number of halogens is 2. The van der Waals surface area contributed by atoms with E-state index in [1.807, 2.05) is 29.2 Å². The highest BCUT2D eigenvalue weighted by molar-refractivity contribution is 5.93. The Balaban J connectivity index is 1.69. The maximum atomic E-state index is 13.5. The predicted octanol–water partition coefficient (Wildman–Crippen LogP) is 5.68. The molecule has 4 nitrogen and oxygen atoms in total. The third-order valence-corrected chi connectivity index (χ3v) is 5.36. The third-order valence-electron chi connectivity index (χ3n) is 5.36. The fourth-order valence-electron chi connectivity index (χ4n) is 3.83. The Morgan fingerprint density at radius 2 is 1.73 bits per heavy atom. The lowest BCUT2D eigenvalue weighted by Crippen LogP contribution is -2.51. The molecule has 1 aliphatic heterocycles. The van der Waals surface area contributed by atoms with Crippen molar-refractivity contribution in [2.45, 2.75) is 33.6 Å². The van der Waals surface area contributed by atoms with Crippen LogP contribution in [0.4, 0.5) is 14.6 Å². The normalized spacial score (nSPS) is 14.9. The van der Waals surface area contributed by atoms with Gasteiger partial charge in [-0.1, -0.05) is 57.2 Å². The minimum atomic E-state index is -2.61. The molecular weight excluding hydrogens is 384 g/mol. The van der Waals surface area contributed by atoms with Gasteiger partial charge in [0, 0.05) is 36.0 Å². The number of rotatable bonds is 5. The molecule has 1 aromatic heterocycles. The van der Waals surface area contributed by atoms with Gasteiger partial charge in [0.15, 0.2) is 5.82 Å². The Bertz CT molecular complexity index is 1090. The maximum Gasteiger partial charge on any atom is 0.264 e. The summed E-state index contributed by atoms with van der Waals surface area (Å²) in [6, 6.07) is 13.9. The number of hydrogen-bond acceptors (Lipinski definition) is 4. The Labute approximate surface area is 175 Å². The first-order chi connectivity index (χ1) is 14.2. The van der Waals surface area contributed by atoms with Crippen LogP contribution in [-0.2, 0) is 4.79 Å². The SMILES string of the molecule is CC(C)(C)CC(=O)C1CN(c2nc(-c3ccccc3C(F)F)nc3ccccc23)C1. The Morgan fingerprint density at radius 1 is 1.07 bits per heavy atom. The molecule has 3 aromatic rings. The van der Waals surface area contributed by atoms with Crippen LogP contribution in [0.25, 0.3) is 22.3 Å². The molecule has 1 aliphatic rings. The zero-order valence-corrected chi connectivity index (χ0v) is 17.4. The van der Waals surface area contributed by atoms with Crippen molar-refractivity contribution in [2.24, 2.45) is 11.3 Å². The first-order valence-corrected chi connectivity index (χ1v) is 10.1. The Kier molecular flexibility index (Phi) is 5.26. The molecule has 0 saturated carbocycles. The highest BCUT2D eigenvalue weighted by Crippen LogP contribution is 2.35. The number of carbonyl (C=O) groups excluding carboxylic acids is 1. The summed E-state index contributed by atoms with van der Waals surface area (Å²) in [4.78, 5) is 23.8. The number of carbonyl (C=O) groups is 1. The molecule has 30 heavy (non-hydrogen) atoms. The fraction of sp³-hybridized carbons (Fsp3) is 0.375. The van der Waals surface area contributed by atoms with Gasteiger partial charge >= 0.3 is 0 Å². The molecule has 0 amide bonds. The largest absolute Gasteiger partial charge is 0.354 e.